The molecule has 94 valence electrons. The number of rotatable bonds is 3. The lowest BCUT2D eigenvalue weighted by atomic mass is 10.0. The molecular formula is C11H17N3O2S. The van der Waals surface area contributed by atoms with Crippen LogP contribution in [0, 0.1) is 12.8 Å². The second kappa shape index (κ2) is 5.10. The van der Waals surface area contributed by atoms with Crippen LogP contribution in [0.1, 0.15) is 18.5 Å². The van der Waals surface area contributed by atoms with E-state index >= 15 is 0 Å². The molecule has 1 saturated heterocycles. The first-order chi connectivity index (χ1) is 8.09. The van der Waals surface area contributed by atoms with Gasteiger partial charge in [0.25, 0.3) is 0 Å². The van der Waals surface area contributed by atoms with Crippen LogP contribution in [0.4, 0.5) is 0 Å². The molecule has 6 heteroatoms. The molecule has 1 N–H and O–H groups in total. The van der Waals surface area contributed by atoms with Crippen LogP contribution in [0.15, 0.2) is 17.4 Å². The maximum Gasteiger partial charge on any atom is 0.197 e. The molecule has 5 nitrogen and oxygen atoms in total. The number of nitrogens with zero attached hydrogens (tertiary/aromatic N) is 2. The van der Waals surface area contributed by atoms with Crippen LogP contribution in [0.3, 0.4) is 0 Å². The normalized spacial score (nSPS) is 21.4. The van der Waals surface area contributed by atoms with Gasteiger partial charge in [0.15, 0.2) is 14.9 Å². The van der Waals surface area contributed by atoms with Crippen molar-refractivity contribution in [2.24, 2.45) is 5.92 Å². The van der Waals surface area contributed by atoms with Crippen LogP contribution in [-0.4, -0.2) is 37.2 Å². The fourth-order valence-corrected chi connectivity index (χ4v) is 3.94. The Kier molecular flexibility index (Phi) is 3.73. The van der Waals surface area contributed by atoms with E-state index < -0.39 is 9.84 Å². The Morgan fingerprint density at radius 1 is 1.41 bits per heavy atom. The zero-order chi connectivity index (χ0) is 12.3. The Balaban J connectivity index is 2.16. The highest BCUT2D eigenvalue weighted by Gasteiger charge is 2.25. The molecule has 2 rings (SSSR count). The van der Waals surface area contributed by atoms with Crippen LogP contribution >= 0.6 is 0 Å². The summed E-state index contributed by atoms with van der Waals surface area (Å²) in [6.45, 7) is 3.44. The smallest absolute Gasteiger partial charge is 0.197 e. The first kappa shape index (κ1) is 12.4. The Hall–Kier alpha value is -1.01. The molecule has 1 atom stereocenters. The zero-order valence-corrected chi connectivity index (χ0v) is 10.7. The van der Waals surface area contributed by atoms with Gasteiger partial charge in [-0.25, -0.2) is 13.4 Å². The van der Waals surface area contributed by atoms with Gasteiger partial charge in [0, 0.05) is 12.4 Å². The molecule has 1 unspecified atom stereocenters. The van der Waals surface area contributed by atoms with Gasteiger partial charge < -0.3 is 5.32 Å². The van der Waals surface area contributed by atoms with Crippen molar-refractivity contribution in [3.8, 4) is 0 Å². The van der Waals surface area contributed by atoms with Crippen molar-refractivity contribution in [3.05, 3.63) is 18.1 Å². The summed E-state index contributed by atoms with van der Waals surface area (Å²) < 4.78 is 24.4. The summed E-state index contributed by atoms with van der Waals surface area (Å²) in [5, 5.41) is 3.35. The largest absolute Gasteiger partial charge is 0.316 e. The minimum Gasteiger partial charge on any atom is -0.316 e. The van der Waals surface area contributed by atoms with E-state index in [1.165, 1.54) is 12.4 Å². The van der Waals surface area contributed by atoms with Crippen LogP contribution < -0.4 is 5.32 Å². The molecule has 1 fully saturated rings. The van der Waals surface area contributed by atoms with Crippen molar-refractivity contribution in [2.75, 3.05) is 18.8 Å². The fraction of sp³-hybridized carbons (Fsp3) is 0.636. The molecule has 1 aliphatic heterocycles. The van der Waals surface area contributed by atoms with Gasteiger partial charge in [0.1, 0.15) is 0 Å². The number of nitrogens with one attached hydrogen (secondary N) is 1. The van der Waals surface area contributed by atoms with E-state index in [9.17, 15) is 8.42 Å². The van der Waals surface area contributed by atoms with Gasteiger partial charge in [-0.3, -0.25) is 4.98 Å². The van der Waals surface area contributed by atoms with Crippen molar-refractivity contribution in [2.45, 2.75) is 24.8 Å². The van der Waals surface area contributed by atoms with E-state index in [2.05, 4.69) is 15.3 Å². The van der Waals surface area contributed by atoms with Gasteiger partial charge in [-0.15, -0.1) is 0 Å². The molecule has 0 spiro atoms. The predicted octanol–water partition coefficient (Wildman–Crippen LogP) is 0.558. The van der Waals surface area contributed by atoms with E-state index in [-0.39, 0.29) is 16.7 Å². The molecule has 0 aliphatic carbocycles. The average Bonchev–Trinajstić information content (AvgIpc) is 2.30. The molecule has 0 saturated carbocycles. The van der Waals surface area contributed by atoms with Gasteiger partial charge >= 0.3 is 0 Å². The summed E-state index contributed by atoms with van der Waals surface area (Å²) in [6, 6.07) is 0. The Labute approximate surface area is 102 Å². The highest BCUT2D eigenvalue weighted by Crippen LogP contribution is 2.18. The number of piperidine rings is 1. The second-order valence-corrected chi connectivity index (χ2v) is 6.39. The molecular weight excluding hydrogens is 238 g/mol. The molecule has 0 aromatic carbocycles. The van der Waals surface area contributed by atoms with Crippen LogP contribution in [0.2, 0.25) is 0 Å². The number of hydrogen-bond acceptors (Lipinski definition) is 5. The monoisotopic (exact) mass is 255 g/mol. The molecule has 0 radical (unpaired) electrons. The lowest BCUT2D eigenvalue weighted by Gasteiger charge is -2.22. The third kappa shape index (κ3) is 3.01. The molecule has 1 aromatic rings. The summed E-state index contributed by atoms with van der Waals surface area (Å²) in [5.74, 6) is 0.356. The molecule has 17 heavy (non-hydrogen) atoms. The van der Waals surface area contributed by atoms with E-state index in [1.54, 1.807) is 6.92 Å². The van der Waals surface area contributed by atoms with Gasteiger partial charge in [-0.05, 0) is 38.8 Å². The van der Waals surface area contributed by atoms with Crippen molar-refractivity contribution in [1.82, 2.24) is 15.3 Å². The van der Waals surface area contributed by atoms with Crippen molar-refractivity contribution < 1.29 is 8.42 Å². The molecule has 1 aromatic heterocycles. The van der Waals surface area contributed by atoms with Crippen LogP contribution in [0.5, 0.6) is 0 Å². The number of aromatic nitrogens is 2. The summed E-state index contributed by atoms with van der Waals surface area (Å²) >= 11 is 0. The van der Waals surface area contributed by atoms with E-state index in [0.29, 0.717) is 5.69 Å². The highest BCUT2D eigenvalue weighted by atomic mass is 32.2. The third-order valence-corrected chi connectivity index (χ3v) is 4.89. The lowest BCUT2D eigenvalue weighted by molar-refractivity contribution is 0.403. The average molecular weight is 255 g/mol. The SMILES string of the molecule is Cc1nccnc1S(=O)(=O)CC1CCCNC1. The second-order valence-electron chi connectivity index (χ2n) is 4.44. The van der Waals surface area contributed by atoms with Crippen molar-refractivity contribution in [3.63, 3.8) is 0 Å². The summed E-state index contributed by atoms with van der Waals surface area (Å²) in [5.41, 5.74) is 0.483. The maximum atomic E-state index is 12.2. The molecule has 0 amide bonds. The standard InChI is InChI=1S/C11H17N3O2S/c1-9-11(14-6-5-13-9)17(15,16)8-10-3-2-4-12-7-10/h5-6,10,12H,2-4,7-8H2,1H3. The Morgan fingerprint density at radius 2 is 2.18 bits per heavy atom. The van der Waals surface area contributed by atoms with Crippen LogP contribution in [0.25, 0.3) is 0 Å². The van der Waals surface area contributed by atoms with E-state index in [0.717, 1.165) is 25.9 Å². The lowest BCUT2D eigenvalue weighted by Crippen LogP contribution is -2.34. The van der Waals surface area contributed by atoms with E-state index in [1.807, 2.05) is 0 Å². The van der Waals surface area contributed by atoms with Gasteiger partial charge in [0.2, 0.25) is 0 Å². The van der Waals surface area contributed by atoms with Gasteiger partial charge in [-0.2, -0.15) is 0 Å². The molecule has 1 aliphatic rings. The van der Waals surface area contributed by atoms with Crippen molar-refractivity contribution in [1.29, 1.82) is 0 Å². The van der Waals surface area contributed by atoms with E-state index in [4.69, 9.17) is 0 Å². The minimum absolute atomic E-state index is 0.130. The molecule has 2 heterocycles. The summed E-state index contributed by atoms with van der Waals surface area (Å²) in [6.07, 6.45) is 4.95. The minimum atomic E-state index is -3.30. The first-order valence-corrected chi connectivity index (χ1v) is 7.46. The predicted molar refractivity (Wildman–Crippen MR) is 64.4 cm³/mol. The van der Waals surface area contributed by atoms with Crippen LogP contribution in [-0.2, 0) is 9.84 Å². The topological polar surface area (TPSA) is 72.0 Å². The molecule has 0 bridgehead atoms. The zero-order valence-electron chi connectivity index (χ0n) is 9.89. The maximum absolute atomic E-state index is 12.2. The number of sulfone groups is 1. The summed E-state index contributed by atoms with van der Waals surface area (Å²) in [7, 11) is -3.30. The Morgan fingerprint density at radius 3 is 2.82 bits per heavy atom. The summed E-state index contributed by atoms with van der Waals surface area (Å²) in [4.78, 5) is 7.93. The Bertz CT molecular complexity index is 481. The third-order valence-electron chi connectivity index (χ3n) is 2.98. The number of hydrogen-bond donors (Lipinski definition) is 1. The van der Waals surface area contributed by atoms with Crippen molar-refractivity contribution >= 4 is 9.84 Å². The highest BCUT2D eigenvalue weighted by molar-refractivity contribution is 7.91. The van der Waals surface area contributed by atoms with Gasteiger partial charge in [0.05, 0.1) is 11.4 Å². The fourth-order valence-electron chi connectivity index (χ4n) is 2.16. The van der Waals surface area contributed by atoms with Gasteiger partial charge in [-0.1, -0.05) is 0 Å². The number of aryl methyl sites for hydroxylation is 1. The first-order valence-electron chi connectivity index (χ1n) is 5.80. The quantitative estimate of drug-likeness (QED) is 0.854.